The van der Waals surface area contributed by atoms with Crippen molar-refractivity contribution in [1.29, 1.82) is 0 Å². The average molecular weight is 574 g/mol. The zero-order valence-corrected chi connectivity index (χ0v) is 26.4. The number of fused-ring (bicyclic) bond motifs is 8. The molecule has 0 radical (unpaired) electrons. The van der Waals surface area contributed by atoms with Crippen LogP contribution in [-0.4, -0.2) is 27.2 Å². The molecule has 0 atom stereocenters. The van der Waals surface area contributed by atoms with Crippen LogP contribution in [0.25, 0.3) is 18.2 Å². The van der Waals surface area contributed by atoms with Crippen LogP contribution in [0.15, 0.2) is 89.6 Å². The van der Waals surface area contributed by atoms with Crippen LogP contribution < -0.4 is 15.9 Å². The maximum absolute atomic E-state index is 10.4. The van der Waals surface area contributed by atoms with Crippen LogP contribution in [0.4, 0.5) is 5.69 Å². The van der Waals surface area contributed by atoms with Gasteiger partial charge in [0.05, 0.1) is 51.0 Å². The molecule has 1 aromatic heterocycles. The Morgan fingerprint density at radius 2 is 1.28 bits per heavy atom. The number of aliphatic imine (C=N–C) groups is 3. The molecule has 222 valence electrons. The number of aromatic amines is 1. The van der Waals surface area contributed by atoms with Crippen LogP contribution in [0.3, 0.4) is 0 Å². The van der Waals surface area contributed by atoms with Crippen LogP contribution in [0, 0.1) is 0 Å². The number of anilines is 1. The van der Waals surface area contributed by atoms with Gasteiger partial charge in [0.15, 0.2) is 5.88 Å². The van der Waals surface area contributed by atoms with Crippen LogP contribution in [0.1, 0.15) is 98.6 Å². The third-order valence-electron chi connectivity index (χ3n) is 9.13. The summed E-state index contributed by atoms with van der Waals surface area (Å²) in [6.45, 7) is 13.3. The number of nitrogens with zero attached hydrogens (tertiary/aromatic N) is 3. The van der Waals surface area contributed by atoms with Gasteiger partial charge < -0.3 is 15.4 Å². The van der Waals surface area contributed by atoms with E-state index >= 15 is 0 Å². The third-order valence-corrected chi connectivity index (χ3v) is 9.13. The minimum Gasteiger partial charge on any atom is -0.495 e. The maximum atomic E-state index is 10.4. The van der Waals surface area contributed by atoms with E-state index in [-0.39, 0.29) is 5.88 Å². The second kappa shape index (κ2) is 11.8. The fraction of sp³-hybridized carbons (Fsp3) is 0.378. The van der Waals surface area contributed by atoms with Gasteiger partial charge in [0, 0.05) is 5.22 Å². The summed E-state index contributed by atoms with van der Waals surface area (Å²) in [5.41, 5.74) is 15.3. The van der Waals surface area contributed by atoms with Crippen LogP contribution in [0.5, 0.6) is 0 Å². The molecule has 3 N–H and O–H groups in total. The van der Waals surface area contributed by atoms with E-state index in [0.717, 1.165) is 108 Å². The predicted octanol–water partition coefficient (Wildman–Crippen LogP) is 8.02. The Hall–Kier alpha value is -4.19. The first-order valence-corrected chi connectivity index (χ1v) is 16.0. The fourth-order valence-corrected chi connectivity index (χ4v) is 6.66. The normalized spacial score (nSPS) is 19.2. The Kier molecular flexibility index (Phi) is 7.95. The second-order valence-electron chi connectivity index (χ2n) is 11.9. The molecule has 0 fully saturated rings. The van der Waals surface area contributed by atoms with E-state index in [9.17, 15) is 5.11 Å². The Balaban J connectivity index is 1.66. The largest absolute Gasteiger partial charge is 0.495 e. The van der Waals surface area contributed by atoms with Crippen molar-refractivity contribution in [2.75, 3.05) is 5.32 Å². The number of rotatable bonds is 8. The summed E-state index contributed by atoms with van der Waals surface area (Å²) in [4.78, 5) is 19.3. The zero-order chi connectivity index (χ0) is 30.2. The highest BCUT2D eigenvalue weighted by molar-refractivity contribution is 6.24. The average Bonchev–Trinajstić information content (AvgIpc) is 3.68. The SMILES string of the molecule is CCCCC1=C(C)C2=NC1=Cc1[nH]c(c3c1NC(O)=CC=3)=CC1=NC(=CC3=NC(=C2)C(CC)=C3CC)C(C)=C1CCCC. The molecule has 43 heavy (non-hydrogen) atoms. The molecule has 6 heteroatoms. The molecule has 6 heterocycles. The molecule has 0 aliphatic carbocycles. The topological polar surface area (TPSA) is 85.1 Å². The number of allylic oxidation sites excluding steroid dienone is 9. The van der Waals surface area contributed by atoms with Crippen molar-refractivity contribution in [3.63, 3.8) is 0 Å². The molecule has 0 aromatic carbocycles. The van der Waals surface area contributed by atoms with Crippen LogP contribution >= 0.6 is 0 Å². The lowest BCUT2D eigenvalue weighted by Crippen LogP contribution is -2.27. The van der Waals surface area contributed by atoms with Crippen molar-refractivity contribution >= 4 is 41.1 Å². The Morgan fingerprint density at radius 1 is 0.651 bits per heavy atom. The molecule has 5 aliphatic heterocycles. The predicted molar refractivity (Wildman–Crippen MR) is 182 cm³/mol. The summed E-state index contributed by atoms with van der Waals surface area (Å²) >= 11 is 0. The van der Waals surface area contributed by atoms with E-state index in [1.807, 2.05) is 6.08 Å². The van der Waals surface area contributed by atoms with Gasteiger partial charge in [-0.05, 0) is 122 Å². The summed E-state index contributed by atoms with van der Waals surface area (Å²) in [5.74, 6) is 0.130. The molecule has 0 spiro atoms. The summed E-state index contributed by atoms with van der Waals surface area (Å²) in [6.07, 6.45) is 20.6. The molecule has 0 unspecified atom stereocenters. The van der Waals surface area contributed by atoms with Gasteiger partial charge in [-0.15, -0.1) is 0 Å². The standard InChI is InChI=1S/C37H43N5O/c1-7-11-13-25-21(5)28-17-30-23(9-3)24(10-4)31(40-30)18-29-22(6)26(14-12-8-2)33(39-29)20-35-37-27(15-16-36(43)42-37)34(41-35)19-32(25)38-28/h15-20,41-43H,7-14H2,1-6H3. The monoisotopic (exact) mass is 573 g/mol. The van der Waals surface area contributed by atoms with Gasteiger partial charge in [-0.25, -0.2) is 15.0 Å². The summed E-state index contributed by atoms with van der Waals surface area (Å²) in [7, 11) is 0. The van der Waals surface area contributed by atoms with E-state index in [0.29, 0.717) is 0 Å². The van der Waals surface area contributed by atoms with Crippen LogP contribution in [-0.2, 0) is 0 Å². The molecule has 1 aromatic rings. The quantitative estimate of drug-likeness (QED) is 0.294. The number of aliphatic hydroxyl groups excluding tert-OH is 1. The Labute approximate surface area is 254 Å². The third kappa shape index (κ3) is 5.17. The lowest BCUT2D eigenvalue weighted by molar-refractivity contribution is 0.419. The number of aromatic nitrogens is 1. The van der Waals surface area contributed by atoms with Gasteiger partial charge in [0.1, 0.15) is 0 Å². The van der Waals surface area contributed by atoms with Gasteiger partial charge in [-0.3, -0.25) is 0 Å². The number of nitrogens with one attached hydrogen (secondary N) is 2. The Morgan fingerprint density at radius 3 is 2.00 bits per heavy atom. The molecule has 8 bridgehead atoms. The number of aliphatic hydroxyl groups is 1. The van der Waals surface area contributed by atoms with Gasteiger partial charge in [-0.1, -0.05) is 40.5 Å². The molecular weight excluding hydrogens is 530 g/mol. The minimum atomic E-state index is 0.130. The highest BCUT2D eigenvalue weighted by Gasteiger charge is 2.27. The zero-order valence-electron chi connectivity index (χ0n) is 26.4. The molecule has 6 nitrogen and oxygen atoms in total. The maximum Gasteiger partial charge on any atom is 0.188 e. The number of H-pyrrole nitrogens is 1. The van der Waals surface area contributed by atoms with Crippen molar-refractivity contribution in [3.8, 4) is 0 Å². The summed E-state index contributed by atoms with van der Waals surface area (Å²) in [5, 5.41) is 15.6. The van der Waals surface area contributed by atoms with Gasteiger partial charge in [0.2, 0.25) is 0 Å². The van der Waals surface area contributed by atoms with Crippen molar-refractivity contribution in [3.05, 3.63) is 90.9 Å². The van der Waals surface area contributed by atoms with E-state index < -0.39 is 0 Å². The van der Waals surface area contributed by atoms with Crippen molar-refractivity contribution < 1.29 is 5.11 Å². The van der Waals surface area contributed by atoms with Crippen molar-refractivity contribution in [1.82, 2.24) is 4.98 Å². The van der Waals surface area contributed by atoms with E-state index in [2.05, 4.69) is 76.1 Å². The molecule has 0 saturated carbocycles. The smallest absolute Gasteiger partial charge is 0.188 e. The van der Waals surface area contributed by atoms with E-state index in [1.165, 1.54) is 33.4 Å². The van der Waals surface area contributed by atoms with Gasteiger partial charge in [-0.2, -0.15) is 0 Å². The summed E-state index contributed by atoms with van der Waals surface area (Å²) in [6, 6.07) is 0. The highest BCUT2D eigenvalue weighted by Crippen LogP contribution is 2.37. The number of unbranched alkanes of at least 4 members (excludes halogenated alkanes) is 2. The van der Waals surface area contributed by atoms with Gasteiger partial charge in [0.25, 0.3) is 0 Å². The molecule has 0 amide bonds. The fourth-order valence-electron chi connectivity index (χ4n) is 6.66. The lowest BCUT2D eigenvalue weighted by atomic mass is 9.96. The molecular formula is C37H43N5O. The van der Waals surface area contributed by atoms with Gasteiger partial charge >= 0.3 is 0 Å². The highest BCUT2D eigenvalue weighted by atomic mass is 16.3. The van der Waals surface area contributed by atoms with Crippen molar-refractivity contribution in [2.24, 2.45) is 15.0 Å². The Bertz CT molecular complexity index is 1840. The lowest BCUT2D eigenvalue weighted by Gasteiger charge is -2.09. The van der Waals surface area contributed by atoms with Crippen LogP contribution in [0.2, 0.25) is 0 Å². The molecule has 5 aliphatic rings. The summed E-state index contributed by atoms with van der Waals surface area (Å²) < 4.78 is 0. The van der Waals surface area contributed by atoms with E-state index in [1.54, 1.807) is 6.08 Å². The molecule has 6 rings (SSSR count). The first-order valence-electron chi connectivity index (χ1n) is 16.0. The number of hydrogen-bond acceptors (Lipinski definition) is 5. The number of hydrogen-bond donors (Lipinski definition) is 3. The first-order chi connectivity index (χ1) is 20.9. The van der Waals surface area contributed by atoms with E-state index in [4.69, 9.17) is 15.0 Å². The second-order valence-corrected chi connectivity index (χ2v) is 11.9. The minimum absolute atomic E-state index is 0.130. The first kappa shape index (κ1) is 28.9. The molecule has 0 saturated heterocycles. The van der Waals surface area contributed by atoms with Crippen molar-refractivity contribution in [2.45, 2.75) is 92.9 Å².